The standard InChI is InChI=1S/C19H22O3/c1-14(2)17-10-8-15(9-11-17)12-18(19(20)21)22-13-16-6-4-3-5-7-16/h3-11,14,18H,12-13H2,1-2H3,(H,20,21)/t18-/m0/s1. The van der Waals surface area contributed by atoms with Crippen LogP contribution in [0.5, 0.6) is 0 Å². The Hall–Kier alpha value is -2.13. The second kappa shape index (κ2) is 7.76. The van der Waals surface area contributed by atoms with Crippen LogP contribution in [0, 0.1) is 0 Å². The summed E-state index contributed by atoms with van der Waals surface area (Å²) in [6.07, 6.45) is -0.453. The monoisotopic (exact) mass is 298 g/mol. The van der Waals surface area contributed by atoms with Crippen molar-refractivity contribution < 1.29 is 14.6 Å². The molecule has 116 valence electrons. The minimum Gasteiger partial charge on any atom is -0.479 e. The van der Waals surface area contributed by atoms with E-state index in [1.54, 1.807) is 0 Å². The van der Waals surface area contributed by atoms with E-state index in [0.717, 1.165) is 11.1 Å². The van der Waals surface area contributed by atoms with Crippen molar-refractivity contribution in [3.05, 3.63) is 71.3 Å². The molecule has 0 amide bonds. The zero-order valence-electron chi connectivity index (χ0n) is 13.0. The fraction of sp³-hybridized carbons (Fsp3) is 0.316. The lowest BCUT2D eigenvalue weighted by Gasteiger charge is -2.14. The van der Waals surface area contributed by atoms with Gasteiger partial charge in [-0.15, -0.1) is 0 Å². The first-order valence-electron chi connectivity index (χ1n) is 7.53. The van der Waals surface area contributed by atoms with Crippen molar-refractivity contribution in [3.8, 4) is 0 Å². The topological polar surface area (TPSA) is 46.5 Å². The molecule has 0 aliphatic heterocycles. The van der Waals surface area contributed by atoms with Gasteiger partial charge in [0.15, 0.2) is 6.10 Å². The van der Waals surface area contributed by atoms with E-state index in [4.69, 9.17) is 4.74 Å². The van der Waals surface area contributed by atoms with Crippen LogP contribution in [0.25, 0.3) is 0 Å². The van der Waals surface area contributed by atoms with Gasteiger partial charge in [-0.05, 0) is 22.6 Å². The molecule has 0 aliphatic carbocycles. The first-order chi connectivity index (χ1) is 10.6. The Morgan fingerprint density at radius 2 is 1.64 bits per heavy atom. The van der Waals surface area contributed by atoms with Crippen LogP contribution in [-0.2, 0) is 22.6 Å². The lowest BCUT2D eigenvalue weighted by atomic mass is 10.00. The predicted molar refractivity (Wildman–Crippen MR) is 86.9 cm³/mol. The van der Waals surface area contributed by atoms with Gasteiger partial charge >= 0.3 is 5.97 Å². The molecule has 2 aromatic carbocycles. The normalized spacial score (nSPS) is 12.3. The second-order valence-electron chi connectivity index (χ2n) is 5.72. The van der Waals surface area contributed by atoms with Crippen LogP contribution >= 0.6 is 0 Å². The number of carboxylic acids is 1. The van der Waals surface area contributed by atoms with Crippen LogP contribution < -0.4 is 0 Å². The molecule has 0 radical (unpaired) electrons. The van der Waals surface area contributed by atoms with Crippen LogP contribution in [-0.4, -0.2) is 17.2 Å². The summed E-state index contributed by atoms with van der Waals surface area (Å²) in [5.41, 5.74) is 3.20. The Kier molecular flexibility index (Phi) is 5.73. The maximum Gasteiger partial charge on any atom is 0.333 e. The van der Waals surface area contributed by atoms with Crippen molar-refractivity contribution in [3.63, 3.8) is 0 Å². The van der Waals surface area contributed by atoms with E-state index < -0.39 is 12.1 Å². The van der Waals surface area contributed by atoms with Crippen LogP contribution in [0.3, 0.4) is 0 Å². The average Bonchev–Trinajstić information content (AvgIpc) is 2.52. The summed E-state index contributed by atoms with van der Waals surface area (Å²) in [7, 11) is 0. The largest absolute Gasteiger partial charge is 0.479 e. The van der Waals surface area contributed by atoms with E-state index >= 15 is 0 Å². The molecule has 3 nitrogen and oxygen atoms in total. The third kappa shape index (κ3) is 4.71. The third-order valence-corrected chi connectivity index (χ3v) is 3.64. The first-order valence-corrected chi connectivity index (χ1v) is 7.53. The van der Waals surface area contributed by atoms with Crippen LogP contribution in [0.4, 0.5) is 0 Å². The van der Waals surface area contributed by atoms with Crippen LogP contribution in [0.1, 0.15) is 36.5 Å². The number of ether oxygens (including phenoxy) is 1. The van der Waals surface area contributed by atoms with Gasteiger partial charge in [0.05, 0.1) is 6.61 Å². The highest BCUT2D eigenvalue weighted by Crippen LogP contribution is 2.16. The van der Waals surface area contributed by atoms with Crippen molar-refractivity contribution in [2.45, 2.75) is 38.9 Å². The van der Waals surface area contributed by atoms with Gasteiger partial charge in [-0.25, -0.2) is 4.79 Å². The van der Waals surface area contributed by atoms with Gasteiger partial charge in [0.2, 0.25) is 0 Å². The fourth-order valence-electron chi connectivity index (χ4n) is 2.24. The Morgan fingerprint density at radius 1 is 1.00 bits per heavy atom. The van der Waals surface area contributed by atoms with Crippen LogP contribution in [0.2, 0.25) is 0 Å². The minimum absolute atomic E-state index is 0.307. The maximum absolute atomic E-state index is 11.4. The molecular weight excluding hydrogens is 276 g/mol. The van der Waals surface area contributed by atoms with E-state index in [-0.39, 0.29) is 0 Å². The minimum atomic E-state index is -0.927. The summed E-state index contributed by atoms with van der Waals surface area (Å²) in [6.45, 7) is 4.58. The molecule has 0 saturated heterocycles. The average molecular weight is 298 g/mol. The number of carboxylic acid groups (broad SMARTS) is 1. The molecule has 2 rings (SSSR count). The van der Waals surface area contributed by atoms with Crippen molar-refractivity contribution in [2.75, 3.05) is 0 Å². The van der Waals surface area contributed by atoms with E-state index in [2.05, 4.69) is 26.0 Å². The molecule has 2 aromatic rings. The van der Waals surface area contributed by atoms with Crippen molar-refractivity contribution in [1.82, 2.24) is 0 Å². The predicted octanol–water partition coefficient (Wildman–Crippen LogP) is 4.02. The SMILES string of the molecule is CC(C)c1ccc(C[C@H](OCc2ccccc2)C(=O)O)cc1. The highest BCUT2D eigenvalue weighted by Gasteiger charge is 2.18. The molecule has 0 fully saturated rings. The third-order valence-electron chi connectivity index (χ3n) is 3.64. The lowest BCUT2D eigenvalue weighted by molar-refractivity contribution is -0.151. The summed E-state index contributed by atoms with van der Waals surface area (Å²) in [4.78, 5) is 11.4. The molecule has 1 atom stereocenters. The first kappa shape index (κ1) is 16.2. The van der Waals surface area contributed by atoms with Crippen molar-refractivity contribution in [1.29, 1.82) is 0 Å². The number of aliphatic carboxylic acids is 1. The van der Waals surface area contributed by atoms with Crippen molar-refractivity contribution in [2.24, 2.45) is 0 Å². The Bertz CT molecular complexity index is 588. The molecule has 22 heavy (non-hydrogen) atoms. The Labute approximate surface area is 131 Å². The highest BCUT2D eigenvalue weighted by atomic mass is 16.5. The molecular formula is C19H22O3. The summed E-state index contributed by atoms with van der Waals surface area (Å²) < 4.78 is 5.57. The molecule has 0 heterocycles. The van der Waals surface area contributed by atoms with E-state index in [0.29, 0.717) is 18.9 Å². The van der Waals surface area contributed by atoms with E-state index in [1.165, 1.54) is 5.56 Å². The van der Waals surface area contributed by atoms with Gasteiger partial charge in [0.1, 0.15) is 0 Å². The maximum atomic E-state index is 11.4. The number of benzene rings is 2. The molecule has 1 N–H and O–H groups in total. The van der Waals surface area contributed by atoms with Gasteiger partial charge in [-0.3, -0.25) is 0 Å². The van der Waals surface area contributed by atoms with Crippen LogP contribution in [0.15, 0.2) is 54.6 Å². The van der Waals surface area contributed by atoms with Crippen molar-refractivity contribution >= 4 is 5.97 Å². The quantitative estimate of drug-likeness (QED) is 0.839. The van der Waals surface area contributed by atoms with Gasteiger partial charge in [-0.1, -0.05) is 68.4 Å². The smallest absolute Gasteiger partial charge is 0.333 e. The van der Waals surface area contributed by atoms with Gasteiger partial charge < -0.3 is 9.84 Å². The molecule has 0 spiro atoms. The fourth-order valence-corrected chi connectivity index (χ4v) is 2.24. The van der Waals surface area contributed by atoms with E-state index in [1.807, 2.05) is 42.5 Å². The summed E-state index contributed by atoms with van der Waals surface area (Å²) in [6, 6.07) is 17.7. The summed E-state index contributed by atoms with van der Waals surface area (Å²) in [5, 5.41) is 9.33. The van der Waals surface area contributed by atoms with Gasteiger partial charge in [-0.2, -0.15) is 0 Å². The Morgan fingerprint density at radius 3 is 2.18 bits per heavy atom. The van der Waals surface area contributed by atoms with Gasteiger partial charge in [0.25, 0.3) is 0 Å². The molecule has 3 heteroatoms. The molecule has 0 aromatic heterocycles. The number of rotatable bonds is 7. The lowest BCUT2D eigenvalue weighted by Crippen LogP contribution is -2.26. The zero-order chi connectivity index (χ0) is 15.9. The molecule has 0 saturated carbocycles. The second-order valence-corrected chi connectivity index (χ2v) is 5.72. The molecule has 0 bridgehead atoms. The zero-order valence-corrected chi connectivity index (χ0v) is 13.0. The Balaban J connectivity index is 1.98. The highest BCUT2D eigenvalue weighted by molar-refractivity contribution is 5.72. The summed E-state index contributed by atoms with van der Waals surface area (Å²) >= 11 is 0. The summed E-state index contributed by atoms with van der Waals surface area (Å²) in [5.74, 6) is -0.456. The van der Waals surface area contributed by atoms with Gasteiger partial charge in [0, 0.05) is 6.42 Å². The molecule has 0 unspecified atom stereocenters. The number of hydrogen-bond acceptors (Lipinski definition) is 2. The molecule has 0 aliphatic rings. The van der Waals surface area contributed by atoms with E-state index in [9.17, 15) is 9.90 Å². The number of carbonyl (C=O) groups is 1. The number of hydrogen-bond donors (Lipinski definition) is 1.